The maximum Gasteiger partial charge on any atom is 0.241 e. The van der Waals surface area contributed by atoms with E-state index in [1.54, 1.807) is 30.4 Å². The molecule has 0 aliphatic heterocycles. The molecule has 4 heterocycles. The Kier molecular flexibility index (Phi) is 5.13. The average Bonchev–Trinajstić information content (AvgIpc) is 3.31. The first-order valence-electron chi connectivity index (χ1n) is 9.29. The molecule has 9 nitrogen and oxygen atoms in total. The molecular formula is C20H23N7O2. The summed E-state index contributed by atoms with van der Waals surface area (Å²) in [5.41, 5.74) is 3.31. The van der Waals surface area contributed by atoms with Gasteiger partial charge in [0.15, 0.2) is 0 Å². The van der Waals surface area contributed by atoms with Gasteiger partial charge in [-0.3, -0.25) is 14.5 Å². The summed E-state index contributed by atoms with van der Waals surface area (Å²) in [6.45, 7) is 1.57. The average molecular weight is 393 g/mol. The second-order valence-corrected chi connectivity index (χ2v) is 7.09. The summed E-state index contributed by atoms with van der Waals surface area (Å²) < 4.78 is 6.91. The standard InChI is InChI=1S/C20H23N7O2/c1-26(2)5-4-21-19(28)12-27-11-13(8-24-27)17-7-15-16-6-14(29-3)9-23-20(16)25-18(15)10-22-17/h6-11H,4-5,12H2,1-3H3,(H,21,28)(H,23,25). The summed E-state index contributed by atoms with van der Waals surface area (Å²) in [5, 5.41) is 9.15. The Hall–Kier alpha value is -3.46. The number of fused-ring (bicyclic) bond motifs is 3. The molecule has 0 radical (unpaired) electrons. The van der Waals surface area contributed by atoms with Gasteiger partial charge in [-0.25, -0.2) is 4.98 Å². The smallest absolute Gasteiger partial charge is 0.241 e. The topological polar surface area (TPSA) is 101 Å². The molecule has 150 valence electrons. The molecule has 0 saturated carbocycles. The Labute approximate surface area is 167 Å². The fourth-order valence-electron chi connectivity index (χ4n) is 3.13. The van der Waals surface area contributed by atoms with Crippen molar-refractivity contribution in [1.29, 1.82) is 0 Å². The van der Waals surface area contributed by atoms with Gasteiger partial charge in [0, 0.05) is 35.6 Å². The monoisotopic (exact) mass is 393 g/mol. The summed E-state index contributed by atoms with van der Waals surface area (Å²) in [6, 6.07) is 3.94. The second-order valence-electron chi connectivity index (χ2n) is 7.09. The van der Waals surface area contributed by atoms with Crippen molar-refractivity contribution in [3.05, 3.63) is 36.9 Å². The van der Waals surface area contributed by atoms with E-state index in [9.17, 15) is 4.79 Å². The van der Waals surface area contributed by atoms with Crippen LogP contribution >= 0.6 is 0 Å². The number of nitrogens with zero attached hydrogens (tertiary/aromatic N) is 5. The SMILES string of the molecule is COc1cnc2[nH]c3cnc(-c4cnn(CC(=O)NCCN(C)C)c4)cc3c2c1. The van der Waals surface area contributed by atoms with Gasteiger partial charge in [0.1, 0.15) is 17.9 Å². The zero-order valence-corrected chi connectivity index (χ0v) is 16.6. The minimum atomic E-state index is -0.0697. The van der Waals surface area contributed by atoms with Crippen molar-refractivity contribution in [3.8, 4) is 17.0 Å². The highest BCUT2D eigenvalue weighted by atomic mass is 16.5. The lowest BCUT2D eigenvalue weighted by molar-refractivity contribution is -0.121. The van der Waals surface area contributed by atoms with Gasteiger partial charge in [-0.15, -0.1) is 0 Å². The van der Waals surface area contributed by atoms with Crippen LogP contribution in [-0.4, -0.2) is 69.8 Å². The number of rotatable bonds is 7. The van der Waals surface area contributed by atoms with Crippen LogP contribution in [0.25, 0.3) is 33.2 Å². The third kappa shape index (κ3) is 4.04. The zero-order valence-electron chi connectivity index (χ0n) is 16.6. The molecule has 4 aromatic rings. The van der Waals surface area contributed by atoms with E-state index < -0.39 is 0 Å². The molecule has 0 unspecified atom stereocenters. The normalized spacial score (nSPS) is 11.4. The Morgan fingerprint density at radius 3 is 2.86 bits per heavy atom. The van der Waals surface area contributed by atoms with Crippen molar-refractivity contribution < 1.29 is 9.53 Å². The van der Waals surface area contributed by atoms with Crippen molar-refractivity contribution in [1.82, 2.24) is 34.9 Å². The number of aromatic nitrogens is 5. The first-order valence-corrected chi connectivity index (χ1v) is 9.29. The van der Waals surface area contributed by atoms with Crippen LogP contribution in [0.2, 0.25) is 0 Å². The molecule has 0 spiro atoms. The number of hydrogen-bond donors (Lipinski definition) is 2. The highest BCUT2D eigenvalue weighted by Gasteiger charge is 2.11. The lowest BCUT2D eigenvalue weighted by Gasteiger charge is -2.10. The van der Waals surface area contributed by atoms with Crippen LogP contribution in [0.1, 0.15) is 0 Å². The number of methoxy groups -OCH3 is 1. The Morgan fingerprint density at radius 1 is 1.21 bits per heavy atom. The zero-order chi connectivity index (χ0) is 20.4. The highest BCUT2D eigenvalue weighted by molar-refractivity contribution is 6.06. The molecule has 2 N–H and O–H groups in total. The molecule has 0 atom stereocenters. The van der Waals surface area contributed by atoms with E-state index in [-0.39, 0.29) is 12.5 Å². The van der Waals surface area contributed by atoms with E-state index >= 15 is 0 Å². The number of aromatic amines is 1. The molecular weight excluding hydrogens is 370 g/mol. The molecule has 9 heteroatoms. The molecule has 0 aromatic carbocycles. The number of pyridine rings is 2. The summed E-state index contributed by atoms with van der Waals surface area (Å²) in [6.07, 6.45) is 7.01. The van der Waals surface area contributed by atoms with Crippen molar-refractivity contribution in [2.75, 3.05) is 34.3 Å². The lowest BCUT2D eigenvalue weighted by atomic mass is 10.1. The van der Waals surface area contributed by atoms with Gasteiger partial charge in [0.2, 0.25) is 5.91 Å². The molecule has 0 fully saturated rings. The van der Waals surface area contributed by atoms with Crippen LogP contribution in [0, 0.1) is 0 Å². The number of hydrogen-bond acceptors (Lipinski definition) is 6. The van der Waals surface area contributed by atoms with E-state index in [0.717, 1.165) is 39.7 Å². The van der Waals surface area contributed by atoms with Gasteiger partial charge >= 0.3 is 0 Å². The van der Waals surface area contributed by atoms with Crippen LogP contribution in [0.15, 0.2) is 36.9 Å². The largest absolute Gasteiger partial charge is 0.495 e. The van der Waals surface area contributed by atoms with Crippen LogP contribution in [0.4, 0.5) is 0 Å². The molecule has 0 saturated heterocycles. The molecule has 0 aliphatic rings. The number of carbonyl (C=O) groups excluding carboxylic acids is 1. The van der Waals surface area contributed by atoms with Crippen molar-refractivity contribution in [2.45, 2.75) is 6.54 Å². The summed E-state index contributed by atoms with van der Waals surface area (Å²) >= 11 is 0. The Morgan fingerprint density at radius 2 is 2.07 bits per heavy atom. The number of likely N-dealkylation sites (N-methyl/N-ethyl adjacent to an activating group) is 1. The molecule has 0 aliphatic carbocycles. The van der Waals surface area contributed by atoms with Gasteiger partial charge in [0.25, 0.3) is 0 Å². The Balaban J connectivity index is 1.55. The fraction of sp³-hybridized carbons (Fsp3) is 0.300. The van der Waals surface area contributed by atoms with E-state index in [1.165, 1.54) is 0 Å². The fourth-order valence-corrected chi connectivity index (χ4v) is 3.13. The van der Waals surface area contributed by atoms with Crippen LogP contribution in [0.5, 0.6) is 5.75 Å². The summed E-state index contributed by atoms with van der Waals surface area (Å²) in [4.78, 5) is 26.3. The third-order valence-electron chi connectivity index (χ3n) is 4.66. The first-order chi connectivity index (χ1) is 14.0. The summed E-state index contributed by atoms with van der Waals surface area (Å²) in [7, 11) is 5.56. The van der Waals surface area contributed by atoms with E-state index in [1.807, 2.05) is 37.3 Å². The van der Waals surface area contributed by atoms with Crippen molar-refractivity contribution in [2.24, 2.45) is 0 Å². The minimum absolute atomic E-state index is 0.0697. The Bertz CT molecular complexity index is 1160. The predicted molar refractivity (Wildman–Crippen MR) is 111 cm³/mol. The third-order valence-corrected chi connectivity index (χ3v) is 4.66. The van der Waals surface area contributed by atoms with Crippen molar-refractivity contribution in [3.63, 3.8) is 0 Å². The lowest BCUT2D eigenvalue weighted by Crippen LogP contribution is -2.33. The van der Waals surface area contributed by atoms with Gasteiger partial charge < -0.3 is 19.9 Å². The van der Waals surface area contributed by atoms with E-state index in [4.69, 9.17) is 4.74 Å². The first kappa shape index (κ1) is 18.9. The molecule has 1 amide bonds. The van der Waals surface area contributed by atoms with Gasteiger partial charge in [-0.2, -0.15) is 5.10 Å². The number of carbonyl (C=O) groups is 1. The molecule has 0 bridgehead atoms. The predicted octanol–water partition coefficient (Wildman–Crippen LogP) is 1.66. The number of ether oxygens (including phenoxy) is 1. The summed E-state index contributed by atoms with van der Waals surface area (Å²) in [5.74, 6) is 0.629. The van der Waals surface area contributed by atoms with E-state index in [0.29, 0.717) is 12.3 Å². The number of nitrogens with one attached hydrogen (secondary N) is 2. The number of H-pyrrole nitrogens is 1. The molecule has 4 aromatic heterocycles. The van der Waals surface area contributed by atoms with Crippen LogP contribution < -0.4 is 10.1 Å². The highest BCUT2D eigenvalue weighted by Crippen LogP contribution is 2.29. The van der Waals surface area contributed by atoms with Gasteiger partial charge in [-0.05, 0) is 26.2 Å². The van der Waals surface area contributed by atoms with Crippen LogP contribution in [0.3, 0.4) is 0 Å². The van der Waals surface area contributed by atoms with Gasteiger partial charge in [-0.1, -0.05) is 0 Å². The maximum atomic E-state index is 12.1. The second kappa shape index (κ2) is 7.88. The van der Waals surface area contributed by atoms with Gasteiger partial charge in [0.05, 0.1) is 36.9 Å². The molecule has 4 rings (SSSR count). The minimum Gasteiger partial charge on any atom is -0.495 e. The quantitative estimate of drug-likeness (QED) is 0.495. The number of amides is 1. The molecule has 29 heavy (non-hydrogen) atoms. The van der Waals surface area contributed by atoms with Crippen LogP contribution in [-0.2, 0) is 11.3 Å². The van der Waals surface area contributed by atoms with Crippen molar-refractivity contribution >= 4 is 27.8 Å². The van der Waals surface area contributed by atoms with E-state index in [2.05, 4.69) is 25.4 Å². The maximum absolute atomic E-state index is 12.1.